The molecule has 1 saturated carbocycles. The number of aryl methyl sites for hydroxylation is 1. The Bertz CT molecular complexity index is 675. The lowest BCUT2D eigenvalue weighted by Gasteiger charge is -2.13. The third kappa shape index (κ3) is 2.08. The van der Waals surface area contributed by atoms with E-state index in [-0.39, 0.29) is 5.92 Å². The molecule has 3 unspecified atom stereocenters. The van der Waals surface area contributed by atoms with Crippen molar-refractivity contribution in [3.8, 4) is 0 Å². The van der Waals surface area contributed by atoms with Crippen molar-refractivity contribution in [2.45, 2.75) is 25.2 Å². The van der Waals surface area contributed by atoms with Crippen molar-refractivity contribution in [3.05, 3.63) is 56.2 Å². The molecule has 1 heterocycles. The molecule has 4 rings (SSSR count). The van der Waals surface area contributed by atoms with E-state index in [0.717, 1.165) is 10.9 Å². The molecule has 0 N–H and O–H groups in total. The lowest BCUT2D eigenvalue weighted by molar-refractivity contribution is -0.119. The number of fused-ring (bicyclic) bond motifs is 3. The van der Waals surface area contributed by atoms with Crippen LogP contribution in [-0.4, -0.2) is 5.78 Å². The van der Waals surface area contributed by atoms with Crippen molar-refractivity contribution in [1.29, 1.82) is 0 Å². The van der Waals surface area contributed by atoms with Crippen LogP contribution in [0.15, 0.2) is 40.2 Å². The molecule has 2 aliphatic carbocycles. The lowest BCUT2D eigenvalue weighted by atomic mass is 9.92. The normalized spacial score (nSPS) is 26.8. The fourth-order valence-corrected chi connectivity index (χ4v) is 5.20. The van der Waals surface area contributed by atoms with Gasteiger partial charge >= 0.3 is 0 Å². The summed E-state index contributed by atoms with van der Waals surface area (Å²) in [7, 11) is 0. The van der Waals surface area contributed by atoms with Gasteiger partial charge < -0.3 is 0 Å². The first-order valence-electron chi connectivity index (χ1n) is 7.07. The van der Waals surface area contributed by atoms with Crippen LogP contribution >= 0.6 is 27.3 Å². The smallest absolute Gasteiger partial charge is 0.142 e. The van der Waals surface area contributed by atoms with E-state index in [4.69, 9.17) is 0 Å². The molecule has 2 aliphatic rings. The van der Waals surface area contributed by atoms with Crippen molar-refractivity contribution >= 4 is 33.0 Å². The molecule has 1 aromatic heterocycles. The van der Waals surface area contributed by atoms with Gasteiger partial charge in [-0.2, -0.15) is 0 Å². The van der Waals surface area contributed by atoms with Gasteiger partial charge in [0, 0.05) is 27.1 Å². The average Bonchev–Trinajstić information content (AvgIpc) is 3.08. The lowest BCUT2D eigenvalue weighted by Crippen LogP contribution is -2.06. The maximum Gasteiger partial charge on any atom is 0.142 e. The van der Waals surface area contributed by atoms with Gasteiger partial charge in [-0.05, 0) is 57.8 Å². The number of benzene rings is 1. The quantitative estimate of drug-likeness (QED) is 0.793. The summed E-state index contributed by atoms with van der Waals surface area (Å²) >= 11 is 5.13. The van der Waals surface area contributed by atoms with Crippen molar-refractivity contribution in [3.63, 3.8) is 0 Å². The summed E-state index contributed by atoms with van der Waals surface area (Å²) in [5.74, 6) is 1.84. The summed E-state index contributed by atoms with van der Waals surface area (Å²) in [6.07, 6.45) is 2.94. The molecule has 3 atom stereocenters. The Labute approximate surface area is 131 Å². The number of thiophene rings is 1. The summed E-state index contributed by atoms with van der Waals surface area (Å²) in [4.78, 5) is 13.7. The van der Waals surface area contributed by atoms with Crippen molar-refractivity contribution in [2.75, 3.05) is 0 Å². The number of hydrogen-bond donors (Lipinski definition) is 0. The van der Waals surface area contributed by atoms with Crippen molar-refractivity contribution in [2.24, 2.45) is 11.8 Å². The number of ketones is 1. The molecule has 2 aromatic rings. The second-order valence-electron chi connectivity index (χ2n) is 5.83. The van der Waals surface area contributed by atoms with E-state index in [1.165, 1.54) is 22.4 Å². The minimum atomic E-state index is 0.277. The monoisotopic (exact) mass is 346 g/mol. The highest BCUT2D eigenvalue weighted by atomic mass is 79.9. The molecular formula is C17H15BrOS. The van der Waals surface area contributed by atoms with Gasteiger partial charge in [0.1, 0.15) is 5.78 Å². The van der Waals surface area contributed by atoms with E-state index in [0.29, 0.717) is 24.0 Å². The molecule has 0 amide bonds. The predicted molar refractivity (Wildman–Crippen MR) is 85.2 cm³/mol. The SMILES string of the molecule is O=C(Cc1cc(Br)cs1)C1C2CCc3ccccc3C21. The van der Waals surface area contributed by atoms with Crippen LogP contribution in [0, 0.1) is 11.8 Å². The Morgan fingerprint density at radius 3 is 3.00 bits per heavy atom. The first kappa shape index (κ1) is 12.8. The van der Waals surface area contributed by atoms with Crippen LogP contribution in [0.4, 0.5) is 0 Å². The topological polar surface area (TPSA) is 17.1 Å². The van der Waals surface area contributed by atoms with Crippen LogP contribution < -0.4 is 0 Å². The summed E-state index contributed by atoms with van der Waals surface area (Å²) in [5.41, 5.74) is 2.90. The zero-order chi connectivity index (χ0) is 13.7. The zero-order valence-electron chi connectivity index (χ0n) is 11.0. The van der Waals surface area contributed by atoms with Gasteiger partial charge in [0.25, 0.3) is 0 Å². The van der Waals surface area contributed by atoms with Gasteiger partial charge in [-0.15, -0.1) is 11.3 Å². The first-order chi connectivity index (χ1) is 9.74. The summed E-state index contributed by atoms with van der Waals surface area (Å²) < 4.78 is 1.09. The van der Waals surface area contributed by atoms with E-state index in [1.54, 1.807) is 11.3 Å². The molecule has 0 saturated heterocycles. The molecule has 0 bridgehead atoms. The highest BCUT2D eigenvalue weighted by Gasteiger charge is 2.56. The van der Waals surface area contributed by atoms with Gasteiger partial charge in [-0.25, -0.2) is 0 Å². The van der Waals surface area contributed by atoms with E-state index in [2.05, 4.69) is 51.6 Å². The molecule has 1 aromatic carbocycles. The Kier molecular flexibility index (Phi) is 3.08. The van der Waals surface area contributed by atoms with Gasteiger partial charge in [-0.3, -0.25) is 4.79 Å². The summed E-state index contributed by atoms with van der Waals surface area (Å²) in [5, 5.41) is 2.05. The van der Waals surface area contributed by atoms with Gasteiger partial charge in [0.05, 0.1) is 0 Å². The standard InChI is InChI=1S/C17H15BrOS/c18-11-7-12(20-9-11)8-15(19)17-14-6-5-10-3-1-2-4-13(10)16(14)17/h1-4,7,9,14,16-17H,5-6,8H2. The van der Waals surface area contributed by atoms with E-state index >= 15 is 0 Å². The number of hydrogen-bond acceptors (Lipinski definition) is 2. The summed E-state index contributed by atoms with van der Waals surface area (Å²) in [6, 6.07) is 10.7. The van der Waals surface area contributed by atoms with Gasteiger partial charge in [-0.1, -0.05) is 24.3 Å². The van der Waals surface area contributed by atoms with Crippen LogP contribution in [0.25, 0.3) is 0 Å². The highest BCUT2D eigenvalue weighted by Crippen LogP contribution is 2.60. The highest BCUT2D eigenvalue weighted by molar-refractivity contribution is 9.10. The molecule has 0 spiro atoms. The number of carbonyl (C=O) groups excluding carboxylic acids is 1. The van der Waals surface area contributed by atoms with Gasteiger partial charge in [0.2, 0.25) is 0 Å². The minimum absolute atomic E-state index is 0.277. The average molecular weight is 347 g/mol. The third-order valence-electron chi connectivity index (χ3n) is 4.67. The number of halogens is 1. The molecule has 0 aliphatic heterocycles. The summed E-state index contributed by atoms with van der Waals surface area (Å²) in [6.45, 7) is 0. The van der Waals surface area contributed by atoms with Gasteiger partial charge in [0.15, 0.2) is 0 Å². The fraction of sp³-hybridized carbons (Fsp3) is 0.353. The van der Waals surface area contributed by atoms with Crippen molar-refractivity contribution < 1.29 is 4.79 Å². The number of Topliss-reactive ketones (excluding diaryl/α,β-unsaturated/α-hetero) is 1. The molecule has 20 heavy (non-hydrogen) atoms. The third-order valence-corrected chi connectivity index (χ3v) is 6.37. The predicted octanol–water partition coefficient (Wildman–Crippen LogP) is 4.60. The van der Waals surface area contributed by atoms with E-state index in [1.807, 2.05) is 0 Å². The largest absolute Gasteiger partial charge is 0.299 e. The van der Waals surface area contributed by atoms with Crippen molar-refractivity contribution in [1.82, 2.24) is 0 Å². The maximum atomic E-state index is 12.6. The molecule has 102 valence electrons. The Morgan fingerprint density at radius 2 is 2.20 bits per heavy atom. The van der Waals surface area contributed by atoms with Crippen LogP contribution in [0.2, 0.25) is 0 Å². The number of rotatable bonds is 3. The zero-order valence-corrected chi connectivity index (χ0v) is 13.4. The maximum absolute atomic E-state index is 12.6. The van der Waals surface area contributed by atoms with E-state index in [9.17, 15) is 4.79 Å². The molecule has 1 nitrogen and oxygen atoms in total. The second kappa shape index (κ2) is 4.81. The molecule has 0 radical (unpaired) electrons. The second-order valence-corrected chi connectivity index (χ2v) is 7.74. The molecular weight excluding hydrogens is 332 g/mol. The molecule has 1 fully saturated rings. The van der Waals surface area contributed by atoms with E-state index < -0.39 is 0 Å². The van der Waals surface area contributed by atoms with Crippen LogP contribution in [0.1, 0.15) is 28.3 Å². The Balaban J connectivity index is 1.53. The van der Waals surface area contributed by atoms with Crippen LogP contribution in [0.5, 0.6) is 0 Å². The minimum Gasteiger partial charge on any atom is -0.299 e. The number of carbonyl (C=O) groups is 1. The first-order valence-corrected chi connectivity index (χ1v) is 8.75. The Hall–Kier alpha value is -0.930. The van der Waals surface area contributed by atoms with Crippen LogP contribution in [0.3, 0.4) is 0 Å². The molecule has 3 heteroatoms. The van der Waals surface area contributed by atoms with Crippen LogP contribution in [-0.2, 0) is 17.6 Å². The Morgan fingerprint density at radius 1 is 1.35 bits per heavy atom. The fourth-order valence-electron chi connectivity index (χ4n) is 3.74.